The van der Waals surface area contributed by atoms with Crippen molar-refractivity contribution in [3.63, 3.8) is 0 Å². The quantitative estimate of drug-likeness (QED) is 0.308. The highest BCUT2D eigenvalue weighted by Crippen LogP contribution is 2.27. The number of aromatic nitrogens is 2. The number of nitrogens with zero attached hydrogens (tertiary/aromatic N) is 3. The molecule has 0 aliphatic carbocycles. The second-order valence-electron chi connectivity index (χ2n) is 6.26. The molecule has 0 atom stereocenters. The summed E-state index contributed by atoms with van der Waals surface area (Å²) in [7, 11) is -2.29. The molecule has 0 radical (unpaired) electrons. The highest BCUT2D eigenvalue weighted by atomic mass is 32.2. The van der Waals surface area contributed by atoms with Gasteiger partial charge in [-0.15, -0.1) is 16.8 Å². The summed E-state index contributed by atoms with van der Waals surface area (Å²) in [5.41, 5.74) is 1.66. The van der Waals surface area contributed by atoms with Crippen molar-refractivity contribution in [3.8, 4) is 0 Å². The maximum Gasteiger partial charge on any atom is 0.264 e. The Balaban J connectivity index is 1.78. The first kappa shape index (κ1) is 22.0. The lowest BCUT2D eigenvalue weighted by Gasteiger charge is -2.20. The van der Waals surface area contributed by atoms with Crippen LogP contribution < -0.4 is 9.62 Å². The summed E-state index contributed by atoms with van der Waals surface area (Å²) in [4.78, 5) is 12.8. The molecule has 156 valence electrons. The summed E-state index contributed by atoms with van der Waals surface area (Å²) in [6.07, 6.45) is 1.76. The number of carbonyl (C=O) groups is 1. The highest BCUT2D eigenvalue weighted by molar-refractivity contribution is 8.01. The van der Waals surface area contributed by atoms with Gasteiger partial charge in [0.15, 0.2) is 4.34 Å². The molecule has 10 heteroatoms. The van der Waals surface area contributed by atoms with Crippen molar-refractivity contribution in [1.29, 1.82) is 0 Å². The van der Waals surface area contributed by atoms with Gasteiger partial charge in [0.1, 0.15) is 0 Å². The fraction of sp³-hybridized carbons (Fsp3) is 0.150. The van der Waals surface area contributed by atoms with Crippen molar-refractivity contribution in [2.75, 3.05) is 22.4 Å². The summed E-state index contributed by atoms with van der Waals surface area (Å²) < 4.78 is 27.7. The monoisotopic (exact) mass is 460 g/mol. The Morgan fingerprint density at radius 1 is 1.23 bits per heavy atom. The first-order chi connectivity index (χ1) is 14.3. The Kier molecular flexibility index (Phi) is 6.91. The number of anilines is 2. The van der Waals surface area contributed by atoms with E-state index < -0.39 is 15.9 Å². The molecule has 0 fully saturated rings. The van der Waals surface area contributed by atoms with E-state index in [2.05, 4.69) is 22.1 Å². The van der Waals surface area contributed by atoms with Crippen molar-refractivity contribution in [2.45, 2.75) is 16.2 Å². The smallest absolute Gasteiger partial charge is 0.264 e. The molecule has 1 amide bonds. The third-order valence-electron chi connectivity index (χ3n) is 4.10. The summed E-state index contributed by atoms with van der Waals surface area (Å²) in [5.74, 6) is 0.307. The zero-order chi connectivity index (χ0) is 21.7. The molecule has 2 aromatic carbocycles. The van der Waals surface area contributed by atoms with Crippen LogP contribution in [0.2, 0.25) is 0 Å². The van der Waals surface area contributed by atoms with Crippen LogP contribution in [0.1, 0.15) is 15.9 Å². The summed E-state index contributed by atoms with van der Waals surface area (Å²) in [6, 6.07) is 13.0. The Morgan fingerprint density at radius 2 is 1.97 bits per heavy atom. The molecule has 0 spiro atoms. The number of thioether (sulfide) groups is 1. The van der Waals surface area contributed by atoms with E-state index in [9.17, 15) is 13.2 Å². The molecule has 1 heterocycles. The van der Waals surface area contributed by atoms with Crippen LogP contribution in [0.25, 0.3) is 0 Å². The molecular formula is C20H20N4O3S3. The third-order valence-corrected chi connectivity index (χ3v) is 7.87. The van der Waals surface area contributed by atoms with Crippen molar-refractivity contribution >= 4 is 49.8 Å². The van der Waals surface area contributed by atoms with Crippen LogP contribution in [0.4, 0.5) is 10.8 Å². The van der Waals surface area contributed by atoms with Crippen molar-refractivity contribution in [1.82, 2.24) is 10.2 Å². The Hall–Kier alpha value is -2.69. The van der Waals surface area contributed by atoms with Gasteiger partial charge in [0.25, 0.3) is 15.9 Å². The molecule has 3 aromatic rings. The minimum atomic E-state index is -3.75. The van der Waals surface area contributed by atoms with Crippen LogP contribution in [0.3, 0.4) is 0 Å². The van der Waals surface area contributed by atoms with E-state index in [0.717, 1.165) is 14.2 Å². The Morgan fingerprint density at radius 3 is 2.67 bits per heavy atom. The largest absolute Gasteiger partial charge is 0.296 e. The number of sulfonamides is 1. The van der Waals surface area contributed by atoms with E-state index >= 15 is 0 Å². The van der Waals surface area contributed by atoms with Crippen LogP contribution in [-0.4, -0.2) is 37.3 Å². The SMILES string of the molecule is C=CCSc1nnc(NC(=O)c2cccc(N(C)S(=O)(=O)c3ccc(C)cc3)c2)s1. The Bertz CT molecular complexity index is 1160. The standard InChI is InChI=1S/C20H20N4O3S3/c1-4-12-28-20-23-22-19(29-20)21-18(25)15-6-5-7-16(13-15)24(3)30(26,27)17-10-8-14(2)9-11-17/h4-11,13H,1,12H2,2-3H3,(H,21,22,25). The predicted octanol–water partition coefficient (Wildman–Crippen LogP) is 4.20. The highest BCUT2D eigenvalue weighted by Gasteiger charge is 2.22. The van der Waals surface area contributed by atoms with Crippen molar-refractivity contribution in [3.05, 3.63) is 72.3 Å². The fourth-order valence-electron chi connectivity index (χ4n) is 2.47. The van der Waals surface area contributed by atoms with E-state index in [0.29, 0.717) is 22.1 Å². The normalized spacial score (nSPS) is 11.1. The van der Waals surface area contributed by atoms with E-state index in [1.54, 1.807) is 48.5 Å². The number of benzene rings is 2. The molecule has 0 aliphatic heterocycles. The number of hydrogen-bond acceptors (Lipinski definition) is 7. The molecule has 3 rings (SSSR count). The van der Waals surface area contributed by atoms with Gasteiger partial charge in [0.2, 0.25) is 5.13 Å². The maximum atomic E-state index is 12.9. The van der Waals surface area contributed by atoms with E-state index in [4.69, 9.17) is 0 Å². The zero-order valence-electron chi connectivity index (χ0n) is 16.4. The van der Waals surface area contributed by atoms with Gasteiger partial charge in [-0.25, -0.2) is 8.42 Å². The number of carbonyl (C=O) groups excluding carboxylic acids is 1. The Labute approximate surface area is 183 Å². The molecular weight excluding hydrogens is 440 g/mol. The second kappa shape index (κ2) is 9.41. The van der Waals surface area contributed by atoms with Crippen molar-refractivity contribution in [2.24, 2.45) is 0 Å². The van der Waals surface area contributed by atoms with Gasteiger partial charge < -0.3 is 0 Å². The molecule has 0 unspecified atom stereocenters. The minimum absolute atomic E-state index is 0.184. The van der Waals surface area contributed by atoms with Gasteiger partial charge in [0, 0.05) is 18.4 Å². The van der Waals surface area contributed by atoms with Gasteiger partial charge in [-0.3, -0.25) is 14.4 Å². The minimum Gasteiger partial charge on any atom is -0.296 e. The lowest BCUT2D eigenvalue weighted by Crippen LogP contribution is -2.26. The lowest BCUT2D eigenvalue weighted by atomic mass is 10.2. The first-order valence-corrected chi connectivity index (χ1v) is 12.1. The zero-order valence-corrected chi connectivity index (χ0v) is 18.9. The van der Waals surface area contributed by atoms with Crippen LogP contribution in [0, 0.1) is 6.92 Å². The van der Waals surface area contributed by atoms with Gasteiger partial charge in [-0.05, 0) is 37.3 Å². The second-order valence-corrected chi connectivity index (χ2v) is 10.5. The van der Waals surface area contributed by atoms with Gasteiger partial charge in [0.05, 0.1) is 10.6 Å². The molecule has 7 nitrogen and oxygen atoms in total. The molecule has 0 saturated carbocycles. The molecule has 30 heavy (non-hydrogen) atoms. The molecule has 1 N–H and O–H groups in total. The van der Waals surface area contributed by atoms with Crippen LogP contribution >= 0.6 is 23.1 Å². The fourth-order valence-corrected chi connectivity index (χ4v) is 5.16. The van der Waals surface area contributed by atoms with Crippen LogP contribution in [0.5, 0.6) is 0 Å². The first-order valence-electron chi connectivity index (χ1n) is 8.85. The number of nitrogens with one attached hydrogen (secondary N) is 1. The predicted molar refractivity (Wildman–Crippen MR) is 122 cm³/mol. The molecule has 0 bridgehead atoms. The summed E-state index contributed by atoms with van der Waals surface area (Å²) in [5, 5.41) is 11.0. The van der Waals surface area contributed by atoms with E-state index in [-0.39, 0.29) is 4.90 Å². The molecule has 0 saturated heterocycles. The summed E-state index contributed by atoms with van der Waals surface area (Å²) in [6.45, 7) is 5.54. The van der Waals surface area contributed by atoms with Crippen LogP contribution in [0.15, 0.2) is 70.4 Å². The number of amides is 1. The summed E-state index contributed by atoms with van der Waals surface area (Å²) >= 11 is 2.74. The lowest BCUT2D eigenvalue weighted by molar-refractivity contribution is 0.102. The number of rotatable bonds is 8. The third kappa shape index (κ3) is 5.07. The average molecular weight is 461 g/mol. The molecule has 0 aliphatic rings. The average Bonchev–Trinajstić information content (AvgIpc) is 3.19. The van der Waals surface area contributed by atoms with Crippen molar-refractivity contribution < 1.29 is 13.2 Å². The van der Waals surface area contributed by atoms with Gasteiger partial charge >= 0.3 is 0 Å². The van der Waals surface area contributed by atoms with Crippen LogP contribution in [-0.2, 0) is 10.0 Å². The van der Waals surface area contributed by atoms with Gasteiger partial charge in [-0.2, -0.15) is 0 Å². The van der Waals surface area contributed by atoms with Gasteiger partial charge in [-0.1, -0.05) is 52.9 Å². The van der Waals surface area contributed by atoms with E-state index in [1.165, 1.54) is 36.2 Å². The number of aryl methyl sites for hydroxylation is 1. The number of hydrogen-bond donors (Lipinski definition) is 1. The van der Waals surface area contributed by atoms with E-state index in [1.807, 2.05) is 6.92 Å². The molecule has 1 aromatic heterocycles. The maximum absolute atomic E-state index is 12.9. The topological polar surface area (TPSA) is 92.3 Å².